The van der Waals surface area contributed by atoms with Crippen LogP contribution in [-0.4, -0.2) is 28.2 Å². The van der Waals surface area contributed by atoms with Gasteiger partial charge in [-0.15, -0.1) is 0 Å². The summed E-state index contributed by atoms with van der Waals surface area (Å²) >= 11 is 0. The highest BCUT2D eigenvalue weighted by Crippen LogP contribution is 2.65. The Morgan fingerprint density at radius 3 is 2.64 bits per heavy atom. The first-order valence-electron chi connectivity index (χ1n) is 8.96. The number of carbonyl (C=O) groups excluding carboxylic acids is 1. The number of aliphatic hydroxyl groups excluding tert-OH is 2. The fraction of sp³-hybridized carbons (Fsp3) is 0.842. The average Bonchev–Trinajstić information content (AvgIpc) is 2.72. The van der Waals surface area contributed by atoms with Crippen LogP contribution < -0.4 is 0 Å². The Morgan fingerprint density at radius 1 is 1.09 bits per heavy atom. The van der Waals surface area contributed by atoms with Gasteiger partial charge in [0.15, 0.2) is 5.78 Å². The second kappa shape index (κ2) is 4.67. The summed E-state index contributed by atoms with van der Waals surface area (Å²) in [5.41, 5.74) is 1.45. The molecule has 2 N–H and O–H groups in total. The Hall–Kier alpha value is -0.670. The molecule has 0 aromatic heterocycles. The molecule has 0 saturated heterocycles. The molecule has 3 nitrogen and oxygen atoms in total. The Morgan fingerprint density at radius 2 is 1.86 bits per heavy atom. The van der Waals surface area contributed by atoms with Gasteiger partial charge in [-0.25, -0.2) is 0 Å². The van der Waals surface area contributed by atoms with Gasteiger partial charge in [-0.3, -0.25) is 4.79 Å². The number of fused-ring (bicyclic) bond motifs is 5. The van der Waals surface area contributed by atoms with E-state index in [1.54, 1.807) is 0 Å². The van der Waals surface area contributed by atoms with E-state index in [1.807, 2.05) is 6.08 Å². The maximum absolute atomic E-state index is 11.8. The zero-order valence-electron chi connectivity index (χ0n) is 13.7. The molecule has 0 heterocycles. The van der Waals surface area contributed by atoms with Crippen molar-refractivity contribution >= 4 is 5.78 Å². The van der Waals surface area contributed by atoms with Gasteiger partial charge in [0, 0.05) is 6.42 Å². The largest absolute Gasteiger partial charge is 0.390 e. The Balaban J connectivity index is 1.69. The summed E-state index contributed by atoms with van der Waals surface area (Å²) in [6, 6.07) is 0. The monoisotopic (exact) mass is 304 g/mol. The van der Waals surface area contributed by atoms with Gasteiger partial charge in [-0.2, -0.15) is 0 Å². The molecule has 3 fully saturated rings. The number of rotatable bonds is 0. The molecule has 0 unspecified atom stereocenters. The predicted octanol–water partition coefficient (Wildman–Crippen LogP) is 2.85. The number of hydrogen-bond donors (Lipinski definition) is 2. The van der Waals surface area contributed by atoms with Crippen molar-refractivity contribution in [2.24, 2.45) is 28.6 Å². The third-order valence-electron chi connectivity index (χ3n) is 7.94. The summed E-state index contributed by atoms with van der Waals surface area (Å²) in [4.78, 5) is 11.8. The molecule has 7 atom stereocenters. The fourth-order valence-electron chi connectivity index (χ4n) is 6.55. The van der Waals surface area contributed by atoms with Crippen LogP contribution in [0.4, 0.5) is 0 Å². The first kappa shape index (κ1) is 14.9. The lowest BCUT2D eigenvalue weighted by Gasteiger charge is -2.57. The summed E-state index contributed by atoms with van der Waals surface area (Å²) in [5, 5.41) is 20.7. The van der Waals surface area contributed by atoms with Crippen molar-refractivity contribution in [1.82, 2.24) is 0 Å². The van der Waals surface area contributed by atoms with Gasteiger partial charge in [-0.1, -0.05) is 19.4 Å². The SMILES string of the molecule is C[C@@]12CC[C@@H]3[C@H](CCC4=CC(=O)CC[C@]43C)[C@H]1C[C@H](O)[C@H]2O. The minimum atomic E-state index is -0.559. The van der Waals surface area contributed by atoms with Gasteiger partial charge in [0.05, 0.1) is 12.2 Å². The summed E-state index contributed by atoms with van der Waals surface area (Å²) in [6.07, 6.45) is 7.56. The number of ketones is 1. The van der Waals surface area contributed by atoms with Crippen molar-refractivity contribution in [1.29, 1.82) is 0 Å². The van der Waals surface area contributed by atoms with Crippen molar-refractivity contribution < 1.29 is 15.0 Å². The Kier molecular flexibility index (Phi) is 3.16. The molecule has 0 amide bonds. The molecule has 4 aliphatic carbocycles. The zero-order valence-corrected chi connectivity index (χ0v) is 13.7. The van der Waals surface area contributed by atoms with Crippen molar-refractivity contribution in [2.75, 3.05) is 0 Å². The van der Waals surface area contributed by atoms with Crippen LogP contribution in [0.15, 0.2) is 11.6 Å². The third kappa shape index (κ3) is 1.78. The van der Waals surface area contributed by atoms with Crippen LogP contribution in [0.2, 0.25) is 0 Å². The van der Waals surface area contributed by atoms with Crippen molar-refractivity contribution in [3.63, 3.8) is 0 Å². The maximum Gasteiger partial charge on any atom is 0.155 e. The molecule has 0 spiro atoms. The number of allylic oxidation sites excluding steroid dienone is 1. The van der Waals surface area contributed by atoms with E-state index in [1.165, 1.54) is 5.57 Å². The second-order valence-corrected chi connectivity index (χ2v) is 8.76. The van der Waals surface area contributed by atoms with Gasteiger partial charge >= 0.3 is 0 Å². The second-order valence-electron chi connectivity index (χ2n) is 8.76. The van der Waals surface area contributed by atoms with E-state index >= 15 is 0 Å². The number of carbonyl (C=O) groups is 1. The zero-order chi connectivity index (χ0) is 15.7. The highest BCUT2D eigenvalue weighted by Gasteiger charge is 2.60. The Labute approximate surface area is 132 Å². The van der Waals surface area contributed by atoms with Crippen molar-refractivity contribution in [3.8, 4) is 0 Å². The summed E-state index contributed by atoms with van der Waals surface area (Å²) in [7, 11) is 0. The molecule has 0 aliphatic heterocycles. The highest BCUT2D eigenvalue weighted by molar-refractivity contribution is 5.91. The molecule has 22 heavy (non-hydrogen) atoms. The van der Waals surface area contributed by atoms with E-state index in [0.717, 1.165) is 38.5 Å². The molecule has 0 bridgehead atoms. The van der Waals surface area contributed by atoms with E-state index in [4.69, 9.17) is 0 Å². The molecule has 122 valence electrons. The normalized spacial score (nSPS) is 54.3. The van der Waals surface area contributed by atoms with Crippen LogP contribution in [0.25, 0.3) is 0 Å². The first-order valence-corrected chi connectivity index (χ1v) is 8.96. The smallest absolute Gasteiger partial charge is 0.155 e. The molecular weight excluding hydrogens is 276 g/mol. The van der Waals surface area contributed by atoms with Crippen LogP contribution in [0.1, 0.15) is 58.8 Å². The molecule has 4 aliphatic rings. The maximum atomic E-state index is 11.8. The van der Waals surface area contributed by atoms with E-state index in [9.17, 15) is 15.0 Å². The third-order valence-corrected chi connectivity index (χ3v) is 7.94. The van der Waals surface area contributed by atoms with E-state index in [-0.39, 0.29) is 10.8 Å². The van der Waals surface area contributed by atoms with Gasteiger partial charge < -0.3 is 10.2 Å². The fourth-order valence-corrected chi connectivity index (χ4v) is 6.55. The van der Waals surface area contributed by atoms with Crippen molar-refractivity contribution in [2.45, 2.75) is 71.0 Å². The minimum Gasteiger partial charge on any atom is -0.390 e. The molecule has 0 aromatic rings. The number of aliphatic hydroxyl groups is 2. The van der Waals surface area contributed by atoms with Gasteiger partial charge in [0.25, 0.3) is 0 Å². The summed E-state index contributed by atoms with van der Waals surface area (Å²) in [6.45, 7) is 4.55. The lowest BCUT2D eigenvalue weighted by molar-refractivity contribution is -0.118. The predicted molar refractivity (Wildman–Crippen MR) is 84.1 cm³/mol. The van der Waals surface area contributed by atoms with E-state index < -0.39 is 12.2 Å². The quantitative estimate of drug-likeness (QED) is 0.723. The highest BCUT2D eigenvalue weighted by atomic mass is 16.3. The first-order chi connectivity index (χ1) is 10.4. The van der Waals surface area contributed by atoms with Crippen LogP contribution in [0, 0.1) is 28.6 Å². The molecule has 3 heteroatoms. The van der Waals surface area contributed by atoms with Crippen LogP contribution in [0.5, 0.6) is 0 Å². The van der Waals surface area contributed by atoms with Gasteiger partial charge in [-0.05, 0) is 73.2 Å². The van der Waals surface area contributed by atoms with Crippen molar-refractivity contribution in [3.05, 3.63) is 11.6 Å². The van der Waals surface area contributed by atoms with Crippen LogP contribution >= 0.6 is 0 Å². The lowest BCUT2D eigenvalue weighted by Crippen LogP contribution is -2.51. The van der Waals surface area contributed by atoms with Crippen LogP contribution in [-0.2, 0) is 4.79 Å². The minimum absolute atomic E-state index is 0.108. The molecule has 0 aromatic carbocycles. The van der Waals surface area contributed by atoms with E-state index in [0.29, 0.717) is 30.0 Å². The molecular formula is C19H28O3. The van der Waals surface area contributed by atoms with Gasteiger partial charge in [0.2, 0.25) is 0 Å². The van der Waals surface area contributed by atoms with E-state index in [2.05, 4.69) is 13.8 Å². The molecule has 0 radical (unpaired) electrons. The van der Waals surface area contributed by atoms with Gasteiger partial charge in [0.1, 0.15) is 0 Å². The standard InChI is InChI=1S/C19H28O3/c1-18-7-5-12(20)9-11(18)3-4-13-14(18)6-8-19(2)15(13)10-16(21)17(19)22/h9,13-17,21-22H,3-8,10H2,1-2H3/t13-,14+,15+,16-,17+,18+,19+/m0/s1. The summed E-state index contributed by atoms with van der Waals surface area (Å²) < 4.78 is 0. The van der Waals surface area contributed by atoms with Crippen LogP contribution in [0.3, 0.4) is 0 Å². The average molecular weight is 304 g/mol. The molecule has 3 saturated carbocycles. The topological polar surface area (TPSA) is 57.5 Å². The molecule has 4 rings (SSSR count). The lowest BCUT2D eigenvalue weighted by atomic mass is 9.47. The number of hydrogen-bond acceptors (Lipinski definition) is 3. The summed E-state index contributed by atoms with van der Waals surface area (Å²) in [5.74, 6) is 1.96. The Bertz CT molecular complexity index is 539.